The van der Waals surface area contributed by atoms with Crippen molar-refractivity contribution in [3.8, 4) is 0 Å². The smallest absolute Gasteiger partial charge is 0.340 e. The zero-order valence-electron chi connectivity index (χ0n) is 9.90. The molecule has 0 heterocycles. The van der Waals surface area contributed by atoms with Crippen molar-refractivity contribution in [1.82, 2.24) is 0 Å². The molecule has 0 radical (unpaired) electrons. The molecular formula is C14H11BrClNO2. The molecule has 0 spiro atoms. The minimum atomic E-state index is -0.486. The molecule has 0 unspecified atom stereocenters. The number of nitrogens with two attached hydrogens (primary N) is 1. The molecule has 2 N–H and O–H groups in total. The quantitative estimate of drug-likeness (QED) is 0.677. The fourth-order valence-electron chi connectivity index (χ4n) is 1.51. The van der Waals surface area contributed by atoms with Crippen LogP contribution in [0.3, 0.4) is 0 Å². The molecule has 2 aromatic carbocycles. The van der Waals surface area contributed by atoms with Crippen molar-refractivity contribution >= 4 is 39.2 Å². The lowest BCUT2D eigenvalue weighted by Crippen LogP contribution is -2.06. The van der Waals surface area contributed by atoms with Gasteiger partial charge in [0.1, 0.15) is 6.61 Å². The second-order valence-corrected chi connectivity index (χ2v) is 5.26. The third kappa shape index (κ3) is 3.72. The SMILES string of the molecule is Nc1ccc(Cl)c(C(=O)OCc2ccc(Br)cc2)c1. The fraction of sp³-hybridized carbons (Fsp3) is 0.0714. The van der Waals surface area contributed by atoms with E-state index in [0.29, 0.717) is 10.7 Å². The number of anilines is 1. The summed E-state index contributed by atoms with van der Waals surface area (Å²) in [6.07, 6.45) is 0. The van der Waals surface area contributed by atoms with Gasteiger partial charge in [-0.3, -0.25) is 0 Å². The molecule has 3 nitrogen and oxygen atoms in total. The Balaban J connectivity index is 2.05. The van der Waals surface area contributed by atoms with Crippen LogP contribution in [0.1, 0.15) is 15.9 Å². The monoisotopic (exact) mass is 339 g/mol. The first kappa shape index (κ1) is 13.9. The van der Waals surface area contributed by atoms with Crippen molar-refractivity contribution in [2.45, 2.75) is 6.61 Å². The zero-order chi connectivity index (χ0) is 13.8. The number of nitrogen functional groups attached to an aromatic ring is 1. The van der Waals surface area contributed by atoms with Crippen LogP contribution in [-0.2, 0) is 11.3 Å². The Kier molecular flexibility index (Phi) is 4.45. The van der Waals surface area contributed by atoms with Gasteiger partial charge in [0, 0.05) is 10.2 Å². The van der Waals surface area contributed by atoms with Crippen LogP contribution in [-0.4, -0.2) is 5.97 Å². The van der Waals surface area contributed by atoms with Crippen molar-refractivity contribution in [3.05, 3.63) is 63.1 Å². The highest BCUT2D eigenvalue weighted by Gasteiger charge is 2.12. The Bertz CT molecular complexity index is 599. The lowest BCUT2D eigenvalue weighted by Gasteiger charge is -2.07. The molecule has 0 aliphatic carbocycles. The predicted octanol–water partition coefficient (Wildman–Crippen LogP) is 4.04. The number of esters is 1. The second kappa shape index (κ2) is 6.08. The molecule has 2 aromatic rings. The first-order chi connectivity index (χ1) is 9.06. The highest BCUT2D eigenvalue weighted by atomic mass is 79.9. The second-order valence-electron chi connectivity index (χ2n) is 3.94. The summed E-state index contributed by atoms with van der Waals surface area (Å²) in [6, 6.07) is 12.2. The average molecular weight is 341 g/mol. The van der Waals surface area contributed by atoms with Gasteiger partial charge < -0.3 is 10.5 Å². The van der Waals surface area contributed by atoms with Crippen molar-refractivity contribution in [2.24, 2.45) is 0 Å². The lowest BCUT2D eigenvalue weighted by atomic mass is 10.2. The number of hydrogen-bond acceptors (Lipinski definition) is 3. The van der Waals surface area contributed by atoms with E-state index in [1.165, 1.54) is 6.07 Å². The maximum Gasteiger partial charge on any atom is 0.340 e. The van der Waals surface area contributed by atoms with E-state index >= 15 is 0 Å². The van der Waals surface area contributed by atoms with Gasteiger partial charge in [0.2, 0.25) is 0 Å². The molecular weight excluding hydrogens is 330 g/mol. The fourth-order valence-corrected chi connectivity index (χ4v) is 1.97. The minimum Gasteiger partial charge on any atom is -0.457 e. The molecule has 2 rings (SSSR count). The number of benzene rings is 2. The number of rotatable bonds is 3. The summed E-state index contributed by atoms with van der Waals surface area (Å²) < 4.78 is 6.17. The van der Waals surface area contributed by atoms with Gasteiger partial charge in [0.05, 0.1) is 10.6 Å². The molecule has 0 aliphatic heterocycles. The molecule has 0 atom stereocenters. The molecule has 0 fully saturated rings. The molecule has 0 aliphatic rings. The van der Waals surface area contributed by atoms with E-state index in [2.05, 4.69) is 15.9 Å². The molecule has 0 saturated heterocycles. The van der Waals surface area contributed by atoms with Crippen molar-refractivity contribution in [3.63, 3.8) is 0 Å². The first-order valence-electron chi connectivity index (χ1n) is 5.53. The maximum absolute atomic E-state index is 11.9. The summed E-state index contributed by atoms with van der Waals surface area (Å²) in [4.78, 5) is 11.9. The van der Waals surface area contributed by atoms with Gasteiger partial charge in [0.25, 0.3) is 0 Å². The van der Waals surface area contributed by atoms with Gasteiger partial charge in [-0.15, -0.1) is 0 Å². The third-order valence-electron chi connectivity index (χ3n) is 2.49. The largest absolute Gasteiger partial charge is 0.457 e. The Morgan fingerprint density at radius 2 is 1.89 bits per heavy atom. The van der Waals surface area contributed by atoms with E-state index in [1.807, 2.05) is 24.3 Å². The van der Waals surface area contributed by atoms with Crippen LogP contribution < -0.4 is 5.73 Å². The summed E-state index contributed by atoms with van der Waals surface area (Å²) >= 11 is 9.27. The summed E-state index contributed by atoms with van der Waals surface area (Å²) in [5.41, 5.74) is 7.27. The van der Waals surface area contributed by atoms with E-state index in [4.69, 9.17) is 22.1 Å². The van der Waals surface area contributed by atoms with Gasteiger partial charge in [-0.05, 0) is 35.9 Å². The molecule has 0 bridgehead atoms. The van der Waals surface area contributed by atoms with Crippen LogP contribution >= 0.6 is 27.5 Å². The van der Waals surface area contributed by atoms with E-state index in [9.17, 15) is 4.79 Å². The van der Waals surface area contributed by atoms with Crippen LogP contribution in [0.2, 0.25) is 5.02 Å². The molecule has 98 valence electrons. The summed E-state index contributed by atoms with van der Waals surface area (Å²) in [5.74, 6) is -0.486. The normalized spacial score (nSPS) is 10.2. The van der Waals surface area contributed by atoms with Crippen molar-refractivity contribution < 1.29 is 9.53 Å². The Morgan fingerprint density at radius 3 is 2.58 bits per heavy atom. The molecule has 0 saturated carbocycles. The van der Waals surface area contributed by atoms with Crippen molar-refractivity contribution in [2.75, 3.05) is 5.73 Å². The Morgan fingerprint density at radius 1 is 1.21 bits per heavy atom. The highest BCUT2D eigenvalue weighted by molar-refractivity contribution is 9.10. The third-order valence-corrected chi connectivity index (χ3v) is 3.35. The lowest BCUT2D eigenvalue weighted by molar-refractivity contribution is 0.0473. The first-order valence-corrected chi connectivity index (χ1v) is 6.70. The number of ether oxygens (including phenoxy) is 1. The van der Waals surface area contributed by atoms with Gasteiger partial charge in [-0.1, -0.05) is 39.7 Å². The molecule has 19 heavy (non-hydrogen) atoms. The minimum absolute atomic E-state index is 0.192. The van der Waals surface area contributed by atoms with Crippen LogP contribution in [0, 0.1) is 0 Å². The summed E-state index contributed by atoms with van der Waals surface area (Å²) in [7, 11) is 0. The highest BCUT2D eigenvalue weighted by Crippen LogP contribution is 2.20. The van der Waals surface area contributed by atoms with Gasteiger partial charge in [-0.2, -0.15) is 0 Å². The van der Waals surface area contributed by atoms with Crippen LogP contribution in [0.25, 0.3) is 0 Å². The van der Waals surface area contributed by atoms with Gasteiger partial charge >= 0.3 is 5.97 Å². The van der Waals surface area contributed by atoms with E-state index in [-0.39, 0.29) is 12.2 Å². The van der Waals surface area contributed by atoms with Crippen molar-refractivity contribution in [1.29, 1.82) is 0 Å². The Labute approximate surface area is 124 Å². The molecule has 0 aromatic heterocycles. The van der Waals surface area contributed by atoms with E-state index < -0.39 is 5.97 Å². The van der Waals surface area contributed by atoms with Crippen LogP contribution in [0.15, 0.2) is 46.9 Å². The number of halogens is 2. The summed E-state index contributed by atoms with van der Waals surface area (Å²) in [6.45, 7) is 0.192. The van der Waals surface area contributed by atoms with Crippen LogP contribution in [0.5, 0.6) is 0 Å². The standard InChI is InChI=1S/C14H11BrClNO2/c15-10-3-1-9(2-4-10)8-19-14(18)12-7-11(17)5-6-13(12)16/h1-7H,8,17H2. The van der Waals surface area contributed by atoms with Crippen LogP contribution in [0.4, 0.5) is 5.69 Å². The van der Waals surface area contributed by atoms with Gasteiger partial charge in [-0.25, -0.2) is 4.79 Å². The molecule has 5 heteroatoms. The van der Waals surface area contributed by atoms with E-state index in [1.54, 1.807) is 12.1 Å². The Hall–Kier alpha value is -1.52. The van der Waals surface area contributed by atoms with E-state index in [0.717, 1.165) is 10.0 Å². The predicted molar refractivity (Wildman–Crippen MR) is 79.1 cm³/mol. The summed E-state index contributed by atoms with van der Waals surface area (Å²) in [5, 5.41) is 0.329. The number of carbonyl (C=O) groups is 1. The average Bonchev–Trinajstić information content (AvgIpc) is 2.40. The van der Waals surface area contributed by atoms with Gasteiger partial charge in [0.15, 0.2) is 0 Å². The number of hydrogen-bond donors (Lipinski definition) is 1. The molecule has 0 amide bonds. The maximum atomic E-state index is 11.9. The topological polar surface area (TPSA) is 52.3 Å². The zero-order valence-corrected chi connectivity index (χ0v) is 12.2. The number of carbonyl (C=O) groups excluding carboxylic acids is 1.